The van der Waals surface area contributed by atoms with E-state index in [0.29, 0.717) is 17.9 Å². The average molecular weight is 447 g/mol. The van der Waals surface area contributed by atoms with Crippen LogP contribution in [0.15, 0.2) is 12.5 Å². The van der Waals surface area contributed by atoms with Crippen LogP contribution in [0.4, 0.5) is 0 Å². The lowest BCUT2D eigenvalue weighted by Crippen LogP contribution is -2.57. The average Bonchev–Trinajstić information content (AvgIpc) is 3.20. The molecule has 1 aromatic heterocycles. The molecule has 162 valence electrons. The highest BCUT2D eigenvalue weighted by Gasteiger charge is 2.29. The van der Waals surface area contributed by atoms with E-state index in [9.17, 15) is 19.2 Å². The van der Waals surface area contributed by atoms with Gasteiger partial charge in [-0.1, -0.05) is 0 Å². The van der Waals surface area contributed by atoms with Gasteiger partial charge in [0.15, 0.2) is 0 Å². The first-order chi connectivity index (χ1) is 13.8. The summed E-state index contributed by atoms with van der Waals surface area (Å²) in [5.74, 6) is -2.52. The number of aliphatic carboxylic acids is 1. The van der Waals surface area contributed by atoms with Crippen LogP contribution in [-0.4, -0.2) is 81.2 Å². The number of rotatable bonds is 13. The van der Waals surface area contributed by atoms with Gasteiger partial charge in [0.25, 0.3) is 0 Å². The Morgan fingerprint density at radius 3 is 2.38 bits per heavy atom. The van der Waals surface area contributed by atoms with Crippen molar-refractivity contribution in [2.45, 2.75) is 31.0 Å². The van der Waals surface area contributed by atoms with Crippen molar-refractivity contribution in [1.29, 1.82) is 0 Å². The summed E-state index contributed by atoms with van der Waals surface area (Å²) >= 11 is 5.41. The number of thioether (sulfide) groups is 1. The Morgan fingerprint density at radius 2 is 1.86 bits per heavy atom. The van der Waals surface area contributed by atoms with Gasteiger partial charge in [0, 0.05) is 24.1 Å². The fourth-order valence-corrected chi connectivity index (χ4v) is 3.03. The number of nitrogens with two attached hydrogens (primary N) is 1. The number of amides is 3. The molecule has 0 aromatic carbocycles. The molecule has 11 nitrogen and oxygen atoms in total. The third-order valence-electron chi connectivity index (χ3n) is 3.86. The number of carbonyl (C=O) groups is 4. The van der Waals surface area contributed by atoms with Crippen LogP contribution in [0, 0.1) is 0 Å². The number of imidazole rings is 1. The summed E-state index contributed by atoms with van der Waals surface area (Å²) in [5.41, 5.74) is 5.87. The summed E-state index contributed by atoms with van der Waals surface area (Å²) in [6.45, 7) is -0.274. The topological polar surface area (TPSA) is 179 Å². The van der Waals surface area contributed by atoms with Crippen LogP contribution < -0.4 is 21.7 Å². The van der Waals surface area contributed by atoms with E-state index in [1.54, 1.807) is 0 Å². The van der Waals surface area contributed by atoms with E-state index in [1.165, 1.54) is 24.3 Å². The molecule has 7 N–H and O–H groups in total. The number of carboxylic acid groups (broad SMARTS) is 1. The Bertz CT molecular complexity index is 687. The van der Waals surface area contributed by atoms with Gasteiger partial charge in [-0.25, -0.2) is 9.78 Å². The van der Waals surface area contributed by atoms with Gasteiger partial charge < -0.3 is 31.8 Å². The molecule has 3 amide bonds. The summed E-state index contributed by atoms with van der Waals surface area (Å²) < 4.78 is 0. The first-order valence-corrected chi connectivity index (χ1v) is 10.7. The molecule has 0 radical (unpaired) electrons. The Kier molecular flexibility index (Phi) is 11.2. The minimum absolute atomic E-state index is 0.0521. The quantitative estimate of drug-likeness (QED) is 0.172. The number of aromatic amines is 1. The number of H-pyrrole nitrogens is 1. The number of nitrogens with one attached hydrogen (secondary N) is 4. The second-order valence-corrected chi connectivity index (χ2v) is 7.38. The van der Waals surface area contributed by atoms with Crippen molar-refractivity contribution in [2.75, 3.05) is 24.3 Å². The number of thiol groups is 1. The zero-order chi connectivity index (χ0) is 21.8. The van der Waals surface area contributed by atoms with Crippen LogP contribution in [0.25, 0.3) is 0 Å². The molecule has 29 heavy (non-hydrogen) atoms. The van der Waals surface area contributed by atoms with E-state index >= 15 is 0 Å². The zero-order valence-electron chi connectivity index (χ0n) is 15.9. The molecular formula is C16H26N6O5S2. The van der Waals surface area contributed by atoms with Crippen LogP contribution in [0.3, 0.4) is 0 Å². The van der Waals surface area contributed by atoms with Gasteiger partial charge in [-0.05, 0) is 18.4 Å². The van der Waals surface area contributed by atoms with E-state index < -0.39 is 41.8 Å². The Labute approximate surface area is 177 Å². The summed E-state index contributed by atoms with van der Waals surface area (Å²) in [6.07, 6.45) is 5.16. The normalized spacial score (nSPS) is 13.8. The third kappa shape index (κ3) is 8.75. The molecule has 0 aliphatic heterocycles. The molecular weight excluding hydrogens is 420 g/mol. The Hall–Kier alpha value is -2.25. The van der Waals surface area contributed by atoms with Crippen molar-refractivity contribution >= 4 is 48.1 Å². The predicted molar refractivity (Wildman–Crippen MR) is 112 cm³/mol. The summed E-state index contributed by atoms with van der Waals surface area (Å²) in [6, 6.07) is -3.18. The van der Waals surface area contributed by atoms with Gasteiger partial charge in [0.1, 0.15) is 18.1 Å². The first-order valence-electron chi connectivity index (χ1n) is 8.72. The van der Waals surface area contributed by atoms with Gasteiger partial charge in [-0.2, -0.15) is 24.4 Å². The Morgan fingerprint density at radius 1 is 1.21 bits per heavy atom. The number of nitrogens with zero attached hydrogens (tertiary/aromatic N) is 1. The summed E-state index contributed by atoms with van der Waals surface area (Å²) in [4.78, 5) is 54.9. The standard InChI is InChI=1S/C16H26N6O5S2/c1-29-3-2-10(20-13(23)5-17)14(24)21-11(4-9-6-18-8-19-9)15(25)22-12(7-28)16(26)27/h6,8,10-12,28H,2-5,7,17H2,1H3,(H,18,19)(H,20,23)(H,21,24)(H,22,25)(H,26,27). The van der Waals surface area contributed by atoms with Gasteiger partial charge in [0.2, 0.25) is 17.7 Å². The van der Waals surface area contributed by atoms with Crippen molar-refractivity contribution in [3.8, 4) is 0 Å². The second kappa shape index (κ2) is 13.1. The van der Waals surface area contributed by atoms with Crippen molar-refractivity contribution in [3.63, 3.8) is 0 Å². The van der Waals surface area contributed by atoms with Crippen molar-refractivity contribution in [1.82, 2.24) is 25.9 Å². The minimum Gasteiger partial charge on any atom is -0.480 e. The number of aromatic nitrogens is 2. The molecule has 0 saturated heterocycles. The summed E-state index contributed by atoms with van der Waals surface area (Å²) in [5, 5.41) is 16.6. The summed E-state index contributed by atoms with van der Waals surface area (Å²) in [7, 11) is 0. The van der Waals surface area contributed by atoms with E-state index in [0.717, 1.165) is 0 Å². The molecule has 13 heteroatoms. The van der Waals surface area contributed by atoms with Crippen LogP contribution in [0.2, 0.25) is 0 Å². The minimum atomic E-state index is -1.24. The molecule has 1 heterocycles. The fraction of sp³-hybridized carbons (Fsp3) is 0.562. The lowest BCUT2D eigenvalue weighted by molar-refractivity contribution is -0.141. The number of hydrogen-bond donors (Lipinski definition) is 7. The van der Waals surface area contributed by atoms with Crippen molar-refractivity contribution < 1.29 is 24.3 Å². The third-order valence-corrected chi connectivity index (χ3v) is 4.87. The molecule has 0 fully saturated rings. The monoisotopic (exact) mass is 446 g/mol. The van der Waals surface area contributed by atoms with E-state index in [-0.39, 0.29) is 18.7 Å². The van der Waals surface area contributed by atoms with E-state index in [4.69, 9.17) is 10.8 Å². The Balaban J connectivity index is 2.94. The molecule has 0 spiro atoms. The molecule has 0 bridgehead atoms. The molecule has 1 rings (SSSR count). The molecule has 1 aromatic rings. The number of carbonyl (C=O) groups excluding carboxylic acids is 3. The fourth-order valence-electron chi connectivity index (χ4n) is 2.31. The van der Waals surface area contributed by atoms with Crippen LogP contribution in [-0.2, 0) is 25.6 Å². The zero-order valence-corrected chi connectivity index (χ0v) is 17.6. The molecule has 0 aliphatic rings. The van der Waals surface area contributed by atoms with Gasteiger partial charge in [-0.3, -0.25) is 14.4 Å². The van der Waals surface area contributed by atoms with Crippen molar-refractivity contribution in [2.24, 2.45) is 5.73 Å². The van der Waals surface area contributed by atoms with Crippen LogP contribution >= 0.6 is 24.4 Å². The lowest BCUT2D eigenvalue weighted by atomic mass is 10.1. The second-order valence-electron chi connectivity index (χ2n) is 6.03. The lowest BCUT2D eigenvalue weighted by Gasteiger charge is -2.24. The SMILES string of the molecule is CSCCC(NC(=O)CN)C(=O)NC(Cc1cnc[nH]1)C(=O)NC(CS)C(=O)O. The van der Waals surface area contributed by atoms with Gasteiger partial charge in [-0.15, -0.1) is 0 Å². The smallest absolute Gasteiger partial charge is 0.327 e. The highest BCUT2D eigenvalue weighted by Crippen LogP contribution is 2.05. The maximum atomic E-state index is 12.7. The van der Waals surface area contributed by atoms with Crippen LogP contribution in [0.1, 0.15) is 12.1 Å². The highest BCUT2D eigenvalue weighted by molar-refractivity contribution is 7.98. The van der Waals surface area contributed by atoms with Gasteiger partial charge >= 0.3 is 5.97 Å². The predicted octanol–water partition coefficient (Wildman–Crippen LogP) is -1.87. The van der Waals surface area contributed by atoms with E-state index in [1.807, 2.05) is 6.26 Å². The van der Waals surface area contributed by atoms with E-state index in [2.05, 4.69) is 38.5 Å². The molecule has 3 atom stereocenters. The first kappa shape index (κ1) is 24.8. The highest BCUT2D eigenvalue weighted by atomic mass is 32.2. The maximum Gasteiger partial charge on any atom is 0.327 e. The van der Waals surface area contributed by atoms with Crippen LogP contribution in [0.5, 0.6) is 0 Å². The number of hydrogen-bond acceptors (Lipinski definition) is 8. The number of carboxylic acids is 1. The maximum absolute atomic E-state index is 12.7. The molecule has 0 saturated carbocycles. The van der Waals surface area contributed by atoms with Gasteiger partial charge in [0.05, 0.1) is 12.9 Å². The molecule has 0 aliphatic carbocycles. The molecule has 3 unspecified atom stereocenters. The largest absolute Gasteiger partial charge is 0.480 e. The van der Waals surface area contributed by atoms with Crippen molar-refractivity contribution in [3.05, 3.63) is 18.2 Å².